The molecule has 0 unspecified atom stereocenters. The van der Waals surface area contributed by atoms with Crippen molar-refractivity contribution in [1.29, 1.82) is 0 Å². The summed E-state index contributed by atoms with van der Waals surface area (Å²) in [5, 5.41) is 2.94. The average molecular weight is 495 g/mol. The van der Waals surface area contributed by atoms with Crippen molar-refractivity contribution < 1.29 is 4.79 Å². The minimum atomic E-state index is -0.118. The first kappa shape index (κ1) is 15.0. The van der Waals surface area contributed by atoms with Crippen molar-refractivity contribution in [2.45, 2.75) is 6.92 Å². The Labute approximate surface area is 142 Å². The molecule has 0 aliphatic heterocycles. The lowest BCUT2D eigenvalue weighted by Crippen LogP contribution is -2.13. The van der Waals surface area contributed by atoms with Crippen LogP contribution in [0.3, 0.4) is 0 Å². The molecule has 0 spiro atoms. The summed E-state index contributed by atoms with van der Waals surface area (Å²) < 4.78 is 2.86. The van der Waals surface area contributed by atoms with Gasteiger partial charge in [0.05, 0.1) is 0 Å². The maximum atomic E-state index is 12.2. The quantitative estimate of drug-likeness (QED) is 0.558. The Bertz CT molecular complexity index is 623. The predicted octanol–water partition coefficient (Wildman–Crippen LogP) is 5.38. The smallest absolute Gasteiger partial charge is 0.255 e. The van der Waals surface area contributed by atoms with Crippen LogP contribution in [0.25, 0.3) is 0 Å². The van der Waals surface area contributed by atoms with Crippen molar-refractivity contribution in [3.05, 3.63) is 60.0 Å². The van der Waals surface area contributed by atoms with Gasteiger partial charge >= 0.3 is 0 Å². The zero-order valence-electron chi connectivity index (χ0n) is 10.0. The van der Waals surface area contributed by atoms with Gasteiger partial charge in [0.2, 0.25) is 0 Å². The van der Waals surface area contributed by atoms with Crippen molar-refractivity contribution in [2.75, 3.05) is 5.32 Å². The number of hydrogen-bond acceptors (Lipinski definition) is 1. The Morgan fingerprint density at radius 3 is 2.42 bits per heavy atom. The lowest BCUT2D eigenvalue weighted by Gasteiger charge is -2.10. The predicted molar refractivity (Wildman–Crippen MR) is 93.7 cm³/mol. The SMILES string of the molecule is Cc1c(I)cccc1NC(=O)c1cc(Br)cc(Br)c1. The lowest BCUT2D eigenvalue weighted by molar-refractivity contribution is 0.102. The first-order valence-corrected chi connectivity index (χ1v) is 8.16. The van der Waals surface area contributed by atoms with E-state index in [4.69, 9.17) is 0 Å². The Morgan fingerprint density at radius 1 is 1.16 bits per heavy atom. The van der Waals surface area contributed by atoms with Crippen molar-refractivity contribution in [3.8, 4) is 0 Å². The first-order chi connectivity index (χ1) is 8.97. The number of anilines is 1. The highest BCUT2D eigenvalue weighted by Gasteiger charge is 2.10. The van der Waals surface area contributed by atoms with E-state index in [-0.39, 0.29) is 5.91 Å². The molecule has 1 N–H and O–H groups in total. The Hall–Kier alpha value is -0.400. The summed E-state index contributed by atoms with van der Waals surface area (Å²) in [6.07, 6.45) is 0. The summed E-state index contributed by atoms with van der Waals surface area (Å²) >= 11 is 9.02. The topological polar surface area (TPSA) is 29.1 Å². The molecule has 0 saturated heterocycles. The second-order valence-electron chi connectivity index (χ2n) is 4.02. The average Bonchev–Trinajstić information content (AvgIpc) is 2.33. The molecular formula is C14H10Br2INO. The molecule has 0 heterocycles. The van der Waals surface area contributed by atoms with Crippen LogP contribution < -0.4 is 5.32 Å². The zero-order valence-corrected chi connectivity index (χ0v) is 15.3. The van der Waals surface area contributed by atoms with E-state index in [1.54, 1.807) is 12.1 Å². The summed E-state index contributed by atoms with van der Waals surface area (Å²) in [5.41, 5.74) is 2.53. The highest BCUT2D eigenvalue weighted by Crippen LogP contribution is 2.23. The molecule has 0 fully saturated rings. The summed E-state index contributed by atoms with van der Waals surface area (Å²) in [5.74, 6) is -0.118. The minimum absolute atomic E-state index is 0.118. The van der Waals surface area contributed by atoms with Crippen molar-refractivity contribution in [2.24, 2.45) is 0 Å². The van der Waals surface area contributed by atoms with Gasteiger partial charge in [-0.15, -0.1) is 0 Å². The number of carbonyl (C=O) groups excluding carboxylic acids is 1. The van der Waals surface area contributed by atoms with E-state index in [2.05, 4.69) is 59.8 Å². The van der Waals surface area contributed by atoms with Crippen LogP contribution in [0.2, 0.25) is 0 Å². The summed E-state index contributed by atoms with van der Waals surface area (Å²) in [4.78, 5) is 12.2. The number of benzene rings is 2. The monoisotopic (exact) mass is 493 g/mol. The standard InChI is InChI=1S/C14H10Br2INO/c1-8-12(17)3-2-4-13(8)18-14(19)9-5-10(15)7-11(16)6-9/h2-7H,1H3,(H,18,19). The van der Waals surface area contributed by atoms with Crippen LogP contribution in [0, 0.1) is 10.5 Å². The van der Waals surface area contributed by atoms with Crippen LogP contribution in [-0.2, 0) is 0 Å². The van der Waals surface area contributed by atoms with E-state index in [0.717, 1.165) is 23.8 Å². The highest BCUT2D eigenvalue weighted by molar-refractivity contribution is 14.1. The first-order valence-electron chi connectivity index (χ1n) is 5.50. The van der Waals surface area contributed by atoms with Gasteiger partial charge in [-0.1, -0.05) is 37.9 Å². The van der Waals surface area contributed by atoms with E-state index in [1.807, 2.05) is 31.2 Å². The van der Waals surface area contributed by atoms with E-state index >= 15 is 0 Å². The fourth-order valence-electron chi connectivity index (χ4n) is 1.62. The fourth-order valence-corrected chi connectivity index (χ4v) is 3.41. The molecule has 2 aromatic rings. The van der Waals surface area contributed by atoms with E-state index < -0.39 is 0 Å². The van der Waals surface area contributed by atoms with Crippen molar-refractivity contribution in [3.63, 3.8) is 0 Å². The number of carbonyl (C=O) groups is 1. The molecule has 0 bridgehead atoms. The molecule has 0 aliphatic carbocycles. The van der Waals surface area contributed by atoms with Crippen LogP contribution in [0.4, 0.5) is 5.69 Å². The molecule has 0 aromatic heterocycles. The molecule has 2 aromatic carbocycles. The Morgan fingerprint density at radius 2 is 1.79 bits per heavy atom. The fraction of sp³-hybridized carbons (Fsp3) is 0.0714. The summed E-state index contributed by atoms with van der Waals surface area (Å²) in [6.45, 7) is 1.99. The van der Waals surface area contributed by atoms with E-state index in [0.29, 0.717) is 5.56 Å². The molecule has 2 nitrogen and oxygen atoms in total. The molecule has 0 radical (unpaired) electrons. The molecule has 2 rings (SSSR count). The summed E-state index contributed by atoms with van der Waals surface area (Å²) in [7, 11) is 0. The van der Waals surface area contributed by atoms with Crippen LogP contribution >= 0.6 is 54.5 Å². The second-order valence-corrected chi connectivity index (χ2v) is 7.02. The van der Waals surface area contributed by atoms with Gasteiger partial charge in [0.1, 0.15) is 0 Å². The van der Waals surface area contributed by atoms with Gasteiger partial charge in [0, 0.05) is 23.8 Å². The normalized spacial score (nSPS) is 10.3. The van der Waals surface area contributed by atoms with Crippen LogP contribution in [0.5, 0.6) is 0 Å². The van der Waals surface area contributed by atoms with Crippen LogP contribution in [0.1, 0.15) is 15.9 Å². The second kappa shape index (κ2) is 6.37. The van der Waals surface area contributed by atoms with E-state index in [1.165, 1.54) is 0 Å². The number of halogens is 3. The molecule has 5 heteroatoms. The van der Waals surface area contributed by atoms with Gasteiger partial charge in [0.15, 0.2) is 0 Å². The molecule has 0 atom stereocenters. The molecule has 0 saturated carbocycles. The van der Waals surface area contributed by atoms with Gasteiger partial charge in [-0.25, -0.2) is 0 Å². The third kappa shape index (κ3) is 3.79. The van der Waals surface area contributed by atoms with Crippen molar-refractivity contribution >= 4 is 66.0 Å². The van der Waals surface area contributed by atoms with Gasteiger partial charge in [-0.2, -0.15) is 0 Å². The maximum Gasteiger partial charge on any atom is 0.255 e. The number of nitrogens with one attached hydrogen (secondary N) is 1. The number of amides is 1. The lowest BCUT2D eigenvalue weighted by atomic mass is 10.1. The van der Waals surface area contributed by atoms with Crippen LogP contribution in [-0.4, -0.2) is 5.91 Å². The van der Waals surface area contributed by atoms with Crippen LogP contribution in [0.15, 0.2) is 45.3 Å². The Balaban J connectivity index is 2.28. The highest BCUT2D eigenvalue weighted by atomic mass is 127. The van der Waals surface area contributed by atoms with Gasteiger partial charge in [0.25, 0.3) is 5.91 Å². The number of hydrogen-bond donors (Lipinski definition) is 1. The van der Waals surface area contributed by atoms with Gasteiger partial charge < -0.3 is 5.32 Å². The third-order valence-electron chi connectivity index (χ3n) is 2.64. The minimum Gasteiger partial charge on any atom is -0.322 e. The summed E-state index contributed by atoms with van der Waals surface area (Å²) in [6, 6.07) is 11.3. The Kier molecular flexibility index (Phi) is 5.03. The molecule has 0 aliphatic rings. The molecule has 19 heavy (non-hydrogen) atoms. The number of rotatable bonds is 2. The zero-order chi connectivity index (χ0) is 14.0. The molecule has 98 valence electrons. The third-order valence-corrected chi connectivity index (χ3v) is 4.72. The van der Waals surface area contributed by atoms with Crippen molar-refractivity contribution in [1.82, 2.24) is 0 Å². The van der Waals surface area contributed by atoms with Gasteiger partial charge in [-0.05, 0) is 65.4 Å². The maximum absolute atomic E-state index is 12.2. The molecule has 1 amide bonds. The molecular weight excluding hydrogens is 485 g/mol. The van der Waals surface area contributed by atoms with Gasteiger partial charge in [-0.3, -0.25) is 4.79 Å². The largest absolute Gasteiger partial charge is 0.322 e. The van der Waals surface area contributed by atoms with E-state index in [9.17, 15) is 4.79 Å².